The molecule has 6 nitrogen and oxygen atoms in total. The maximum Gasteiger partial charge on any atom is 0.277 e. The summed E-state index contributed by atoms with van der Waals surface area (Å²) in [5.74, 6) is -0.598. The molecule has 1 heterocycles. The van der Waals surface area contributed by atoms with E-state index in [1.807, 2.05) is 11.9 Å². The number of likely N-dealkylation sites (N-methyl/N-ethyl adjacent to an activating group) is 1. The molecule has 0 unspecified atom stereocenters. The topological polar surface area (TPSA) is 62.1 Å². The number of halogens is 1. The first kappa shape index (κ1) is 20.2. The molecule has 2 fully saturated rings. The smallest absolute Gasteiger partial charge is 0.277 e. The average molecular weight is 399 g/mol. The highest BCUT2D eigenvalue weighted by atomic mass is 32.2. The maximum atomic E-state index is 13.9. The predicted molar refractivity (Wildman–Crippen MR) is 100 cm³/mol. The summed E-state index contributed by atoms with van der Waals surface area (Å²) < 4.78 is 40.5. The first-order valence-electron chi connectivity index (χ1n) is 9.73. The molecule has 0 bridgehead atoms. The minimum absolute atomic E-state index is 0.127. The van der Waals surface area contributed by atoms with Crippen molar-refractivity contribution < 1.29 is 22.5 Å². The summed E-state index contributed by atoms with van der Waals surface area (Å²) in [6.07, 6.45) is 5.77. The molecular formula is C19H29FN3O3S+. The third-order valence-corrected chi connectivity index (χ3v) is 7.73. The molecule has 1 amide bonds. The lowest BCUT2D eigenvalue weighted by Crippen LogP contribution is -3.15. The van der Waals surface area contributed by atoms with Gasteiger partial charge in [-0.1, -0.05) is 31.4 Å². The van der Waals surface area contributed by atoms with Crippen LogP contribution in [-0.2, 0) is 14.8 Å². The van der Waals surface area contributed by atoms with Gasteiger partial charge in [-0.2, -0.15) is 4.31 Å². The van der Waals surface area contributed by atoms with Gasteiger partial charge in [0.15, 0.2) is 6.54 Å². The summed E-state index contributed by atoms with van der Waals surface area (Å²) >= 11 is 0. The first-order chi connectivity index (χ1) is 12.9. The van der Waals surface area contributed by atoms with Gasteiger partial charge < -0.3 is 9.80 Å². The molecule has 1 N–H and O–H groups in total. The fourth-order valence-electron chi connectivity index (χ4n) is 4.02. The van der Waals surface area contributed by atoms with Gasteiger partial charge in [0.1, 0.15) is 10.7 Å². The third kappa shape index (κ3) is 4.67. The van der Waals surface area contributed by atoms with Crippen LogP contribution in [0.5, 0.6) is 0 Å². The molecule has 0 atom stereocenters. The van der Waals surface area contributed by atoms with E-state index in [0.29, 0.717) is 38.8 Å². The summed E-state index contributed by atoms with van der Waals surface area (Å²) in [6.45, 7) is 2.09. The van der Waals surface area contributed by atoms with E-state index in [4.69, 9.17) is 0 Å². The number of benzene rings is 1. The van der Waals surface area contributed by atoms with Crippen LogP contribution in [0.3, 0.4) is 0 Å². The van der Waals surface area contributed by atoms with Gasteiger partial charge in [-0.25, -0.2) is 12.8 Å². The number of sulfonamides is 1. The average Bonchev–Trinajstić information content (AvgIpc) is 2.68. The molecule has 0 aromatic heterocycles. The molecule has 1 saturated heterocycles. The van der Waals surface area contributed by atoms with E-state index in [1.165, 1.54) is 41.8 Å². The molecule has 1 aliphatic heterocycles. The molecule has 1 aromatic rings. The lowest BCUT2D eigenvalue weighted by Gasteiger charge is -2.34. The van der Waals surface area contributed by atoms with Crippen molar-refractivity contribution in [1.82, 2.24) is 9.21 Å². The number of hydrogen-bond acceptors (Lipinski definition) is 3. The number of nitrogens with zero attached hydrogens (tertiary/aromatic N) is 2. The number of nitrogens with one attached hydrogen (secondary N) is 1. The van der Waals surface area contributed by atoms with Crippen LogP contribution in [0, 0.1) is 5.82 Å². The third-order valence-electron chi connectivity index (χ3n) is 5.80. The minimum Gasteiger partial charge on any atom is -0.338 e. The largest absolute Gasteiger partial charge is 0.338 e. The van der Waals surface area contributed by atoms with Crippen molar-refractivity contribution in [2.75, 3.05) is 39.8 Å². The Morgan fingerprint density at radius 2 is 1.81 bits per heavy atom. The predicted octanol–water partition coefficient (Wildman–Crippen LogP) is 0.506. The van der Waals surface area contributed by atoms with E-state index in [9.17, 15) is 17.6 Å². The number of amides is 1. The Bertz CT molecular complexity index is 757. The zero-order chi connectivity index (χ0) is 19.4. The van der Waals surface area contributed by atoms with Gasteiger partial charge in [-0.3, -0.25) is 4.79 Å². The van der Waals surface area contributed by atoms with Crippen LogP contribution in [-0.4, -0.2) is 69.3 Å². The molecule has 3 rings (SSSR count). The second kappa shape index (κ2) is 8.67. The van der Waals surface area contributed by atoms with Crippen molar-refractivity contribution in [3.63, 3.8) is 0 Å². The van der Waals surface area contributed by atoms with Crippen LogP contribution in [0.25, 0.3) is 0 Å². The number of hydrogen-bond donors (Lipinski definition) is 1. The highest BCUT2D eigenvalue weighted by molar-refractivity contribution is 7.89. The SMILES string of the molecule is CN(C(=O)C[NH+]1CCN(S(=O)(=O)c2ccccc2F)CC1)C1CCCCC1. The van der Waals surface area contributed by atoms with Crippen molar-refractivity contribution >= 4 is 15.9 Å². The van der Waals surface area contributed by atoms with Gasteiger partial charge in [-0.15, -0.1) is 0 Å². The molecule has 8 heteroatoms. The quantitative estimate of drug-likeness (QED) is 0.786. The lowest BCUT2D eigenvalue weighted by molar-refractivity contribution is -0.896. The molecule has 1 saturated carbocycles. The van der Waals surface area contributed by atoms with Gasteiger partial charge in [-0.05, 0) is 25.0 Å². The number of carbonyl (C=O) groups excluding carboxylic acids is 1. The second-order valence-electron chi connectivity index (χ2n) is 7.56. The zero-order valence-electron chi connectivity index (χ0n) is 15.9. The Morgan fingerprint density at radius 1 is 1.19 bits per heavy atom. The van der Waals surface area contributed by atoms with Crippen LogP contribution in [0.4, 0.5) is 4.39 Å². The Labute approximate surface area is 161 Å². The molecule has 1 aromatic carbocycles. The van der Waals surface area contributed by atoms with E-state index in [-0.39, 0.29) is 10.8 Å². The summed E-state index contributed by atoms with van der Waals surface area (Å²) in [5.41, 5.74) is 0. The van der Waals surface area contributed by atoms with Crippen molar-refractivity contribution in [2.24, 2.45) is 0 Å². The number of quaternary nitrogens is 1. The van der Waals surface area contributed by atoms with Gasteiger partial charge in [0.25, 0.3) is 5.91 Å². The molecule has 27 heavy (non-hydrogen) atoms. The van der Waals surface area contributed by atoms with Gasteiger partial charge in [0.05, 0.1) is 26.2 Å². The summed E-state index contributed by atoms with van der Waals surface area (Å²) in [5, 5.41) is 0. The summed E-state index contributed by atoms with van der Waals surface area (Å²) in [7, 11) is -1.94. The van der Waals surface area contributed by atoms with Gasteiger partial charge in [0.2, 0.25) is 10.0 Å². The summed E-state index contributed by atoms with van der Waals surface area (Å²) in [4.78, 5) is 15.3. The maximum absolute atomic E-state index is 13.9. The number of piperazine rings is 1. The Hall–Kier alpha value is -1.51. The van der Waals surface area contributed by atoms with E-state index >= 15 is 0 Å². The minimum atomic E-state index is -3.83. The van der Waals surface area contributed by atoms with Crippen LogP contribution in [0.2, 0.25) is 0 Å². The first-order valence-corrected chi connectivity index (χ1v) is 11.2. The van der Waals surface area contributed by atoms with Crippen LogP contribution >= 0.6 is 0 Å². The zero-order valence-corrected chi connectivity index (χ0v) is 16.7. The second-order valence-corrected chi connectivity index (χ2v) is 9.46. The fraction of sp³-hybridized carbons (Fsp3) is 0.632. The van der Waals surface area contributed by atoms with Crippen molar-refractivity contribution in [2.45, 2.75) is 43.0 Å². The number of carbonyl (C=O) groups is 1. The van der Waals surface area contributed by atoms with Crippen LogP contribution < -0.4 is 4.90 Å². The normalized spacial score (nSPS) is 20.5. The number of rotatable bonds is 5. The molecule has 1 aliphatic carbocycles. The Balaban J connectivity index is 1.54. The molecule has 0 spiro atoms. The van der Waals surface area contributed by atoms with Gasteiger partial charge >= 0.3 is 0 Å². The van der Waals surface area contributed by atoms with E-state index in [0.717, 1.165) is 23.8 Å². The van der Waals surface area contributed by atoms with E-state index in [1.54, 1.807) is 0 Å². The summed E-state index contributed by atoms with van der Waals surface area (Å²) in [6, 6.07) is 5.80. The van der Waals surface area contributed by atoms with Crippen LogP contribution in [0.1, 0.15) is 32.1 Å². The fourth-order valence-corrected chi connectivity index (χ4v) is 5.53. The van der Waals surface area contributed by atoms with Crippen molar-refractivity contribution in [1.29, 1.82) is 0 Å². The Kier molecular flexibility index (Phi) is 6.49. The lowest BCUT2D eigenvalue weighted by atomic mass is 9.94. The van der Waals surface area contributed by atoms with Crippen LogP contribution in [0.15, 0.2) is 29.2 Å². The Morgan fingerprint density at radius 3 is 2.44 bits per heavy atom. The van der Waals surface area contributed by atoms with E-state index < -0.39 is 15.8 Å². The monoisotopic (exact) mass is 398 g/mol. The van der Waals surface area contributed by atoms with E-state index in [2.05, 4.69) is 0 Å². The molecule has 0 radical (unpaired) electrons. The molecule has 150 valence electrons. The highest BCUT2D eigenvalue weighted by Gasteiger charge is 2.33. The van der Waals surface area contributed by atoms with Crippen molar-refractivity contribution in [3.8, 4) is 0 Å². The molecule has 2 aliphatic rings. The van der Waals surface area contributed by atoms with Gasteiger partial charge in [0, 0.05) is 13.1 Å². The van der Waals surface area contributed by atoms with Crippen molar-refractivity contribution in [3.05, 3.63) is 30.1 Å². The molecular weight excluding hydrogens is 369 g/mol. The standard InChI is InChI=1S/C19H28FN3O3S/c1-21(16-7-3-2-4-8-16)19(24)15-22-11-13-23(14-12-22)27(25,26)18-10-6-5-9-17(18)20/h5-6,9-10,16H,2-4,7-8,11-15H2,1H3/p+1. The highest BCUT2D eigenvalue weighted by Crippen LogP contribution is 2.21.